The van der Waals surface area contributed by atoms with E-state index in [-0.39, 0.29) is 5.69 Å². The third kappa shape index (κ3) is 2.84. The number of para-hydroxylation sites is 1. The summed E-state index contributed by atoms with van der Waals surface area (Å²) in [7, 11) is 0. The van der Waals surface area contributed by atoms with Gasteiger partial charge in [-0.05, 0) is 6.07 Å². The molecule has 0 aliphatic rings. The van der Waals surface area contributed by atoms with Crippen LogP contribution in [-0.2, 0) is 0 Å². The summed E-state index contributed by atoms with van der Waals surface area (Å²) in [5, 5.41) is 17.6. The molecule has 19 heavy (non-hydrogen) atoms. The van der Waals surface area contributed by atoms with Crippen molar-refractivity contribution < 1.29 is 23.1 Å². The molecule has 1 aromatic heterocycles. The monoisotopic (exact) mass is 273 g/mol. The van der Waals surface area contributed by atoms with E-state index in [0.717, 1.165) is 0 Å². The molecule has 0 saturated heterocycles. The number of aromatic amines is 1. The number of carbonyl (C=O) groups is 1. The Bertz CT molecular complexity index is 594. The molecule has 2 aromatic rings. The number of aromatic nitrogens is 2. The van der Waals surface area contributed by atoms with Gasteiger partial charge >= 0.3 is 6.18 Å². The minimum Gasteiger partial charge on any atom is -0.382 e. The van der Waals surface area contributed by atoms with Gasteiger partial charge in [-0.2, -0.15) is 18.3 Å². The second kappa shape index (κ2) is 4.88. The average molecular weight is 273 g/mol. The number of aliphatic hydroxyl groups excluding tert-OH is 1. The van der Waals surface area contributed by atoms with Gasteiger partial charge in [0.05, 0.1) is 12.1 Å². The normalized spacial score (nSPS) is 13.5. The number of carbonyl (C=O) groups excluding carboxylic acids is 1. The van der Waals surface area contributed by atoms with Gasteiger partial charge in [-0.25, -0.2) is 0 Å². The molecule has 1 atom stereocenters. The highest BCUT2D eigenvalue weighted by atomic mass is 19.4. The Balaban J connectivity index is 2.09. The van der Waals surface area contributed by atoms with Crippen LogP contribution >= 0.6 is 0 Å². The Morgan fingerprint density at radius 2 is 2.11 bits per heavy atom. The Hall–Kier alpha value is -2.09. The molecule has 3 N–H and O–H groups in total. The predicted molar refractivity (Wildman–Crippen MR) is 60.5 cm³/mol. The van der Waals surface area contributed by atoms with Crippen LogP contribution in [0.4, 0.5) is 13.2 Å². The molecule has 0 saturated carbocycles. The van der Waals surface area contributed by atoms with E-state index in [1.807, 2.05) is 5.32 Å². The molecule has 1 heterocycles. The lowest BCUT2D eigenvalue weighted by molar-refractivity contribution is -0.201. The number of benzene rings is 1. The molecule has 0 fully saturated rings. The number of halogens is 3. The molecule has 0 aliphatic heterocycles. The van der Waals surface area contributed by atoms with Crippen LogP contribution in [0.25, 0.3) is 10.9 Å². The first-order chi connectivity index (χ1) is 8.89. The minimum atomic E-state index is -4.76. The number of aliphatic hydroxyl groups is 1. The summed E-state index contributed by atoms with van der Waals surface area (Å²) in [5.41, 5.74) is 0.592. The Kier molecular flexibility index (Phi) is 3.43. The fraction of sp³-hybridized carbons (Fsp3) is 0.273. The maximum Gasteiger partial charge on any atom is 0.416 e. The van der Waals surface area contributed by atoms with E-state index in [1.165, 1.54) is 0 Å². The van der Waals surface area contributed by atoms with Gasteiger partial charge in [-0.1, -0.05) is 18.2 Å². The van der Waals surface area contributed by atoms with E-state index < -0.39 is 24.7 Å². The quantitative estimate of drug-likeness (QED) is 0.786. The van der Waals surface area contributed by atoms with Gasteiger partial charge in [0.15, 0.2) is 11.8 Å². The highest BCUT2D eigenvalue weighted by Gasteiger charge is 2.38. The molecule has 1 unspecified atom stereocenters. The summed E-state index contributed by atoms with van der Waals surface area (Å²) in [5.74, 6) is -0.777. The summed E-state index contributed by atoms with van der Waals surface area (Å²) in [6, 6.07) is 6.71. The van der Waals surface area contributed by atoms with E-state index in [1.54, 1.807) is 24.3 Å². The Labute approximate surface area is 105 Å². The molecule has 0 aliphatic carbocycles. The third-order valence-electron chi connectivity index (χ3n) is 2.52. The van der Waals surface area contributed by atoms with Crippen molar-refractivity contribution in [1.82, 2.24) is 15.5 Å². The lowest BCUT2D eigenvalue weighted by Crippen LogP contribution is -2.40. The zero-order chi connectivity index (χ0) is 14.0. The van der Waals surface area contributed by atoms with Crippen LogP contribution < -0.4 is 5.32 Å². The van der Waals surface area contributed by atoms with E-state index in [4.69, 9.17) is 5.11 Å². The summed E-state index contributed by atoms with van der Waals surface area (Å²) in [6.45, 7) is -0.913. The maximum atomic E-state index is 12.1. The van der Waals surface area contributed by atoms with Crippen LogP contribution in [0.5, 0.6) is 0 Å². The molecular weight excluding hydrogens is 263 g/mol. The fourth-order valence-corrected chi connectivity index (χ4v) is 1.53. The lowest BCUT2D eigenvalue weighted by Gasteiger charge is -2.14. The van der Waals surface area contributed by atoms with Gasteiger partial charge < -0.3 is 10.4 Å². The van der Waals surface area contributed by atoms with Crippen molar-refractivity contribution in [3.05, 3.63) is 30.0 Å². The Morgan fingerprint density at radius 1 is 1.42 bits per heavy atom. The van der Waals surface area contributed by atoms with Gasteiger partial charge in [-0.15, -0.1) is 0 Å². The van der Waals surface area contributed by atoms with Crippen molar-refractivity contribution in [2.24, 2.45) is 0 Å². The largest absolute Gasteiger partial charge is 0.416 e. The molecule has 0 spiro atoms. The molecule has 0 radical (unpaired) electrons. The van der Waals surface area contributed by atoms with Gasteiger partial charge in [0.25, 0.3) is 5.91 Å². The molecule has 8 heteroatoms. The topological polar surface area (TPSA) is 78.0 Å². The second-order valence-corrected chi connectivity index (χ2v) is 3.89. The average Bonchev–Trinajstić information content (AvgIpc) is 2.78. The third-order valence-corrected chi connectivity index (χ3v) is 2.52. The SMILES string of the molecule is O=C(NCC(O)C(F)(F)F)c1n[nH]c2ccccc12. The van der Waals surface area contributed by atoms with Crippen LogP contribution in [0.15, 0.2) is 24.3 Å². The summed E-state index contributed by atoms with van der Waals surface area (Å²) >= 11 is 0. The van der Waals surface area contributed by atoms with Gasteiger partial charge in [0.2, 0.25) is 0 Å². The molecule has 102 valence electrons. The first-order valence-electron chi connectivity index (χ1n) is 5.35. The predicted octanol–water partition coefficient (Wildman–Crippen LogP) is 1.22. The van der Waals surface area contributed by atoms with E-state index in [9.17, 15) is 18.0 Å². The smallest absolute Gasteiger partial charge is 0.382 e. The van der Waals surface area contributed by atoms with Crippen LogP contribution in [-0.4, -0.2) is 40.0 Å². The van der Waals surface area contributed by atoms with Gasteiger partial charge in [0, 0.05) is 5.39 Å². The molecule has 1 aromatic carbocycles. The van der Waals surface area contributed by atoms with E-state index in [2.05, 4.69) is 10.2 Å². The van der Waals surface area contributed by atoms with Crippen LogP contribution in [0.3, 0.4) is 0 Å². The van der Waals surface area contributed by atoms with Crippen molar-refractivity contribution in [2.75, 3.05) is 6.54 Å². The highest BCUT2D eigenvalue weighted by Crippen LogP contribution is 2.19. The number of hydrogen-bond donors (Lipinski definition) is 3. The standard InChI is InChI=1S/C11H10F3N3O2/c12-11(13,14)8(18)5-15-10(19)9-6-3-1-2-4-7(6)16-17-9/h1-4,8,18H,5H2,(H,15,19)(H,16,17). The second-order valence-electron chi connectivity index (χ2n) is 3.89. The Morgan fingerprint density at radius 3 is 2.79 bits per heavy atom. The number of alkyl halides is 3. The number of nitrogens with one attached hydrogen (secondary N) is 2. The number of rotatable bonds is 3. The molecule has 1 amide bonds. The molecule has 0 bridgehead atoms. The summed E-state index contributed by atoms with van der Waals surface area (Å²) in [4.78, 5) is 11.7. The van der Waals surface area contributed by atoms with E-state index >= 15 is 0 Å². The van der Waals surface area contributed by atoms with Crippen LogP contribution in [0.1, 0.15) is 10.5 Å². The van der Waals surface area contributed by atoms with Crippen molar-refractivity contribution in [3.8, 4) is 0 Å². The summed E-state index contributed by atoms with van der Waals surface area (Å²) < 4.78 is 36.2. The van der Waals surface area contributed by atoms with E-state index in [0.29, 0.717) is 10.9 Å². The zero-order valence-electron chi connectivity index (χ0n) is 9.53. The highest BCUT2D eigenvalue weighted by molar-refractivity contribution is 6.04. The van der Waals surface area contributed by atoms with Gasteiger partial charge in [0.1, 0.15) is 0 Å². The first-order valence-corrected chi connectivity index (χ1v) is 5.35. The number of amides is 1. The number of nitrogens with zero attached hydrogens (tertiary/aromatic N) is 1. The summed E-state index contributed by atoms with van der Waals surface area (Å²) in [6.07, 6.45) is -7.36. The van der Waals surface area contributed by atoms with Crippen LogP contribution in [0.2, 0.25) is 0 Å². The maximum absolute atomic E-state index is 12.1. The van der Waals surface area contributed by atoms with Crippen LogP contribution in [0, 0.1) is 0 Å². The zero-order valence-corrected chi connectivity index (χ0v) is 9.53. The fourth-order valence-electron chi connectivity index (χ4n) is 1.53. The number of fused-ring (bicyclic) bond motifs is 1. The van der Waals surface area contributed by atoms with Crippen molar-refractivity contribution >= 4 is 16.8 Å². The number of hydrogen-bond acceptors (Lipinski definition) is 3. The molecule has 5 nitrogen and oxygen atoms in total. The van der Waals surface area contributed by atoms with Crippen molar-refractivity contribution in [1.29, 1.82) is 0 Å². The molecular formula is C11H10F3N3O2. The van der Waals surface area contributed by atoms with Crippen molar-refractivity contribution in [3.63, 3.8) is 0 Å². The van der Waals surface area contributed by atoms with Crippen molar-refractivity contribution in [2.45, 2.75) is 12.3 Å². The lowest BCUT2D eigenvalue weighted by atomic mass is 10.2. The first kappa shape index (κ1) is 13.3. The molecule has 2 rings (SSSR count). The minimum absolute atomic E-state index is 0.00928. The number of H-pyrrole nitrogens is 1. The van der Waals surface area contributed by atoms with Gasteiger partial charge in [-0.3, -0.25) is 9.89 Å².